The average Bonchev–Trinajstić information content (AvgIpc) is 2.37. The van der Waals surface area contributed by atoms with E-state index in [1.54, 1.807) is 18.2 Å². The van der Waals surface area contributed by atoms with Crippen LogP contribution >= 0.6 is 12.2 Å². The molecule has 0 heterocycles. The summed E-state index contributed by atoms with van der Waals surface area (Å²) in [6.07, 6.45) is 2.79. The number of nitrogens with two attached hydrogens (primary N) is 1. The van der Waals surface area contributed by atoms with Crippen molar-refractivity contribution in [3.05, 3.63) is 35.1 Å². The van der Waals surface area contributed by atoms with E-state index >= 15 is 0 Å². The molecule has 0 aliphatic carbocycles. The molecule has 19 heavy (non-hydrogen) atoms. The van der Waals surface area contributed by atoms with Gasteiger partial charge in [-0.25, -0.2) is 4.39 Å². The third-order valence-electron chi connectivity index (χ3n) is 2.98. The third kappa shape index (κ3) is 5.22. The average molecular weight is 284 g/mol. The van der Waals surface area contributed by atoms with Crippen LogP contribution in [0, 0.1) is 5.82 Å². The lowest BCUT2D eigenvalue weighted by Gasteiger charge is -2.17. The van der Waals surface area contributed by atoms with Gasteiger partial charge in [-0.2, -0.15) is 0 Å². The SMILES string of the molecule is CN(CCCCCO)Cc1cccc(C(N)=S)c1F. The lowest BCUT2D eigenvalue weighted by Crippen LogP contribution is -2.21. The van der Waals surface area contributed by atoms with Crippen molar-refractivity contribution in [1.29, 1.82) is 0 Å². The number of thiocarbonyl (C=S) groups is 1. The Balaban J connectivity index is 2.57. The first-order valence-corrected chi connectivity index (χ1v) is 6.83. The number of rotatable bonds is 8. The summed E-state index contributed by atoms with van der Waals surface area (Å²) in [5.41, 5.74) is 6.40. The van der Waals surface area contributed by atoms with Gasteiger partial charge in [0, 0.05) is 24.3 Å². The number of aliphatic hydroxyl groups excluding tert-OH is 1. The molecule has 0 aliphatic heterocycles. The molecular weight excluding hydrogens is 263 g/mol. The second-order valence-electron chi connectivity index (χ2n) is 4.66. The number of unbranched alkanes of at least 4 members (excludes halogenated alkanes) is 2. The number of aliphatic hydroxyl groups is 1. The molecule has 0 amide bonds. The molecule has 0 aliphatic rings. The van der Waals surface area contributed by atoms with Gasteiger partial charge >= 0.3 is 0 Å². The zero-order chi connectivity index (χ0) is 14.3. The van der Waals surface area contributed by atoms with Crippen molar-refractivity contribution >= 4 is 17.2 Å². The zero-order valence-corrected chi connectivity index (χ0v) is 12.0. The third-order valence-corrected chi connectivity index (χ3v) is 3.20. The van der Waals surface area contributed by atoms with Gasteiger partial charge in [-0.3, -0.25) is 0 Å². The molecule has 1 aromatic carbocycles. The molecule has 0 unspecified atom stereocenters. The summed E-state index contributed by atoms with van der Waals surface area (Å²) in [6, 6.07) is 5.12. The van der Waals surface area contributed by atoms with Gasteiger partial charge < -0.3 is 15.7 Å². The van der Waals surface area contributed by atoms with E-state index < -0.39 is 0 Å². The number of hydrogen-bond acceptors (Lipinski definition) is 3. The molecule has 0 saturated carbocycles. The molecule has 3 nitrogen and oxygen atoms in total. The van der Waals surface area contributed by atoms with E-state index in [9.17, 15) is 4.39 Å². The van der Waals surface area contributed by atoms with Gasteiger partial charge in [0.15, 0.2) is 0 Å². The molecule has 1 aromatic rings. The van der Waals surface area contributed by atoms with Crippen LogP contribution in [-0.2, 0) is 6.54 Å². The maximum absolute atomic E-state index is 14.1. The fraction of sp³-hybridized carbons (Fsp3) is 0.500. The second-order valence-corrected chi connectivity index (χ2v) is 5.10. The van der Waals surface area contributed by atoms with Crippen LogP contribution < -0.4 is 5.73 Å². The van der Waals surface area contributed by atoms with Crippen LogP contribution in [0.25, 0.3) is 0 Å². The Bertz CT molecular complexity index is 426. The summed E-state index contributed by atoms with van der Waals surface area (Å²) in [5.74, 6) is -0.322. The van der Waals surface area contributed by atoms with Gasteiger partial charge in [-0.15, -0.1) is 0 Å². The number of hydrogen-bond donors (Lipinski definition) is 2. The fourth-order valence-corrected chi connectivity index (χ4v) is 2.09. The Hall–Kier alpha value is -1.04. The van der Waals surface area contributed by atoms with Gasteiger partial charge in [0.05, 0.1) is 0 Å². The highest BCUT2D eigenvalue weighted by Crippen LogP contribution is 2.15. The van der Waals surface area contributed by atoms with Crippen molar-refractivity contribution in [3.63, 3.8) is 0 Å². The quantitative estimate of drug-likeness (QED) is 0.567. The highest BCUT2D eigenvalue weighted by Gasteiger charge is 2.11. The highest BCUT2D eigenvalue weighted by molar-refractivity contribution is 7.80. The molecule has 0 atom stereocenters. The lowest BCUT2D eigenvalue weighted by atomic mass is 10.1. The van der Waals surface area contributed by atoms with Crippen molar-refractivity contribution in [2.75, 3.05) is 20.2 Å². The van der Waals surface area contributed by atoms with Crippen molar-refractivity contribution in [2.45, 2.75) is 25.8 Å². The van der Waals surface area contributed by atoms with Crippen molar-refractivity contribution in [2.24, 2.45) is 5.73 Å². The molecule has 0 spiro atoms. The van der Waals surface area contributed by atoms with Crippen LogP contribution in [0.5, 0.6) is 0 Å². The molecular formula is C14H21FN2OS. The Morgan fingerprint density at radius 2 is 2.11 bits per heavy atom. The van der Waals surface area contributed by atoms with E-state index in [-0.39, 0.29) is 17.4 Å². The van der Waals surface area contributed by atoms with Crippen LogP contribution in [-0.4, -0.2) is 35.2 Å². The van der Waals surface area contributed by atoms with Gasteiger partial charge in [-0.05, 0) is 38.9 Å². The van der Waals surface area contributed by atoms with Crippen LogP contribution in [0.3, 0.4) is 0 Å². The van der Waals surface area contributed by atoms with E-state index in [4.69, 9.17) is 23.1 Å². The second kappa shape index (κ2) is 8.19. The minimum absolute atomic E-state index is 0.0879. The van der Waals surface area contributed by atoms with E-state index in [2.05, 4.69) is 4.90 Å². The van der Waals surface area contributed by atoms with Crippen molar-refractivity contribution in [1.82, 2.24) is 4.90 Å². The zero-order valence-electron chi connectivity index (χ0n) is 11.2. The van der Waals surface area contributed by atoms with E-state index in [1.165, 1.54) is 0 Å². The van der Waals surface area contributed by atoms with Crippen molar-refractivity contribution in [3.8, 4) is 0 Å². The van der Waals surface area contributed by atoms with E-state index in [1.807, 2.05) is 7.05 Å². The highest BCUT2D eigenvalue weighted by atomic mass is 32.1. The van der Waals surface area contributed by atoms with Crippen LogP contribution in [0.15, 0.2) is 18.2 Å². The summed E-state index contributed by atoms with van der Waals surface area (Å²) in [6.45, 7) is 1.63. The standard InChI is InChI=1S/C14H21FN2OS/c1-17(8-3-2-4-9-18)10-11-6-5-7-12(13(11)15)14(16)19/h5-7,18H,2-4,8-10H2,1H3,(H2,16,19). The first-order valence-electron chi connectivity index (χ1n) is 6.43. The summed E-state index contributed by atoms with van der Waals surface area (Å²) in [7, 11) is 1.95. The molecule has 0 saturated heterocycles. The number of halogens is 1. The number of benzene rings is 1. The van der Waals surface area contributed by atoms with Crippen LogP contribution in [0.1, 0.15) is 30.4 Å². The monoisotopic (exact) mass is 284 g/mol. The summed E-state index contributed by atoms with van der Waals surface area (Å²) in [5, 5.41) is 8.70. The van der Waals surface area contributed by atoms with E-state index in [0.29, 0.717) is 17.7 Å². The Labute approximate surface area is 119 Å². The smallest absolute Gasteiger partial charge is 0.137 e. The van der Waals surface area contributed by atoms with Gasteiger partial charge in [-0.1, -0.05) is 24.4 Å². The summed E-state index contributed by atoms with van der Waals surface area (Å²) in [4.78, 5) is 2.14. The summed E-state index contributed by atoms with van der Waals surface area (Å²) >= 11 is 4.82. The van der Waals surface area contributed by atoms with Gasteiger partial charge in [0.1, 0.15) is 10.8 Å². The molecule has 106 valence electrons. The van der Waals surface area contributed by atoms with Crippen molar-refractivity contribution < 1.29 is 9.50 Å². The summed E-state index contributed by atoms with van der Waals surface area (Å²) < 4.78 is 14.1. The molecule has 1 rings (SSSR count). The molecule has 0 bridgehead atoms. The van der Waals surface area contributed by atoms with Crippen LogP contribution in [0.4, 0.5) is 4.39 Å². The first-order chi connectivity index (χ1) is 9.06. The maximum atomic E-state index is 14.1. The van der Waals surface area contributed by atoms with E-state index in [0.717, 1.165) is 25.8 Å². The molecule has 5 heteroatoms. The molecule has 0 radical (unpaired) electrons. The molecule has 0 aromatic heterocycles. The first kappa shape index (κ1) is 16.0. The van der Waals surface area contributed by atoms with Crippen LogP contribution in [0.2, 0.25) is 0 Å². The Morgan fingerprint density at radius 1 is 1.37 bits per heavy atom. The molecule has 0 fully saturated rings. The van der Waals surface area contributed by atoms with Gasteiger partial charge in [0.25, 0.3) is 0 Å². The largest absolute Gasteiger partial charge is 0.396 e. The molecule has 3 N–H and O–H groups in total. The fourth-order valence-electron chi connectivity index (χ4n) is 1.93. The maximum Gasteiger partial charge on any atom is 0.137 e. The normalized spacial score (nSPS) is 10.9. The Kier molecular flexibility index (Phi) is 6.91. The number of nitrogens with zero attached hydrogens (tertiary/aromatic N) is 1. The minimum atomic E-state index is -0.322. The predicted octanol–water partition coefficient (Wildman–Crippen LogP) is 2.05. The Morgan fingerprint density at radius 3 is 2.74 bits per heavy atom. The topological polar surface area (TPSA) is 49.5 Å². The lowest BCUT2D eigenvalue weighted by molar-refractivity contribution is 0.270. The predicted molar refractivity (Wildman–Crippen MR) is 79.6 cm³/mol. The van der Waals surface area contributed by atoms with Gasteiger partial charge in [0.2, 0.25) is 0 Å². The minimum Gasteiger partial charge on any atom is -0.396 e.